The number of hydrogen-bond acceptors (Lipinski definition) is 6. The summed E-state index contributed by atoms with van der Waals surface area (Å²) in [5, 5.41) is 12.3. The van der Waals surface area contributed by atoms with E-state index in [1.54, 1.807) is 37.3 Å². The molecule has 1 aliphatic rings. The second kappa shape index (κ2) is 9.52. The van der Waals surface area contributed by atoms with Crippen LogP contribution in [0.3, 0.4) is 0 Å². The lowest BCUT2D eigenvalue weighted by Crippen LogP contribution is -2.36. The summed E-state index contributed by atoms with van der Waals surface area (Å²) in [6.45, 7) is 3.66. The van der Waals surface area contributed by atoms with Crippen molar-refractivity contribution in [3.05, 3.63) is 56.0 Å². The first-order chi connectivity index (χ1) is 14.3. The number of phenols is 1. The molecule has 9 heteroatoms. The van der Waals surface area contributed by atoms with Crippen LogP contribution in [-0.4, -0.2) is 40.2 Å². The Morgan fingerprint density at radius 3 is 2.73 bits per heavy atom. The quantitative estimate of drug-likeness (QED) is 0.419. The van der Waals surface area contributed by atoms with E-state index in [2.05, 4.69) is 5.32 Å². The number of imide groups is 1. The highest BCUT2D eigenvalue weighted by atomic mass is 127. The van der Waals surface area contributed by atoms with Gasteiger partial charge in [0.2, 0.25) is 5.91 Å². The molecule has 2 N–H and O–H groups in total. The Labute approximate surface area is 191 Å². The number of amides is 3. The van der Waals surface area contributed by atoms with Crippen LogP contribution >= 0.6 is 34.4 Å². The van der Waals surface area contributed by atoms with Crippen LogP contribution in [-0.2, 0) is 9.59 Å². The van der Waals surface area contributed by atoms with E-state index in [0.717, 1.165) is 22.2 Å². The Morgan fingerprint density at radius 2 is 2.03 bits per heavy atom. The van der Waals surface area contributed by atoms with Crippen LogP contribution in [0.25, 0.3) is 6.08 Å². The van der Waals surface area contributed by atoms with E-state index < -0.39 is 17.1 Å². The molecule has 0 saturated carbocycles. The first kappa shape index (κ1) is 22.2. The summed E-state index contributed by atoms with van der Waals surface area (Å²) in [4.78, 5) is 38.5. The van der Waals surface area contributed by atoms with E-state index in [0.29, 0.717) is 27.2 Å². The minimum absolute atomic E-state index is 0.0237. The van der Waals surface area contributed by atoms with E-state index >= 15 is 0 Å². The normalized spacial score (nSPS) is 15.0. The highest BCUT2D eigenvalue weighted by Gasteiger charge is 2.36. The predicted octanol–water partition coefficient (Wildman–Crippen LogP) is 4.38. The summed E-state index contributed by atoms with van der Waals surface area (Å²) in [6, 6.07) is 10.5. The fourth-order valence-corrected chi connectivity index (χ4v) is 4.24. The number of nitrogens with zero attached hydrogens (tertiary/aromatic N) is 1. The molecule has 0 aromatic heterocycles. The summed E-state index contributed by atoms with van der Waals surface area (Å²) < 4.78 is 5.96. The van der Waals surface area contributed by atoms with Crippen LogP contribution in [0.4, 0.5) is 10.5 Å². The smallest absolute Gasteiger partial charge is 0.294 e. The van der Waals surface area contributed by atoms with E-state index in [1.807, 2.05) is 41.6 Å². The monoisotopic (exact) mass is 538 g/mol. The molecule has 0 aliphatic carbocycles. The van der Waals surface area contributed by atoms with E-state index in [4.69, 9.17) is 4.74 Å². The van der Waals surface area contributed by atoms with Gasteiger partial charge in [-0.25, -0.2) is 0 Å². The van der Waals surface area contributed by atoms with E-state index in [-0.39, 0.29) is 17.2 Å². The highest BCUT2D eigenvalue weighted by Crippen LogP contribution is 2.36. The number of ether oxygens (including phenoxy) is 1. The number of phenolic OH excluding ortho intramolecular Hbond substituents is 1. The number of aryl methyl sites for hydroxylation is 1. The minimum Gasteiger partial charge on any atom is -0.504 e. The van der Waals surface area contributed by atoms with Crippen molar-refractivity contribution in [3.63, 3.8) is 0 Å². The van der Waals surface area contributed by atoms with Crippen molar-refractivity contribution in [1.82, 2.24) is 4.90 Å². The lowest BCUT2D eigenvalue weighted by atomic mass is 10.2. The molecule has 2 aromatic carbocycles. The number of para-hydroxylation sites is 1. The van der Waals surface area contributed by atoms with Gasteiger partial charge in [0.05, 0.1) is 15.1 Å². The number of benzene rings is 2. The Balaban J connectivity index is 1.76. The predicted molar refractivity (Wildman–Crippen MR) is 124 cm³/mol. The van der Waals surface area contributed by atoms with Gasteiger partial charge in [0.25, 0.3) is 11.1 Å². The van der Waals surface area contributed by atoms with Gasteiger partial charge in [-0.05, 0) is 83.6 Å². The molecular formula is C21H19IN2O5S. The number of carbonyl (C=O) groups excluding carboxylic acids is 3. The fraction of sp³-hybridized carbons (Fsp3) is 0.190. The van der Waals surface area contributed by atoms with Crippen molar-refractivity contribution < 1.29 is 24.2 Å². The van der Waals surface area contributed by atoms with Gasteiger partial charge in [-0.15, -0.1) is 0 Å². The average Bonchev–Trinajstić information content (AvgIpc) is 2.95. The Morgan fingerprint density at radius 1 is 1.30 bits per heavy atom. The number of aromatic hydroxyl groups is 1. The summed E-state index contributed by atoms with van der Waals surface area (Å²) in [6.07, 6.45) is 1.55. The average molecular weight is 538 g/mol. The Hall–Kier alpha value is -2.53. The summed E-state index contributed by atoms with van der Waals surface area (Å²) in [7, 11) is 0. The number of thioether (sulfide) groups is 1. The molecule has 30 heavy (non-hydrogen) atoms. The topological polar surface area (TPSA) is 95.9 Å². The molecule has 1 heterocycles. The molecule has 1 saturated heterocycles. The third kappa shape index (κ3) is 4.96. The zero-order chi connectivity index (χ0) is 21.8. The lowest BCUT2D eigenvalue weighted by Gasteiger charge is -2.13. The second-order valence-corrected chi connectivity index (χ2v) is 8.57. The van der Waals surface area contributed by atoms with Crippen LogP contribution < -0.4 is 10.1 Å². The van der Waals surface area contributed by atoms with Crippen molar-refractivity contribution in [2.75, 3.05) is 18.5 Å². The van der Waals surface area contributed by atoms with Crippen molar-refractivity contribution in [2.24, 2.45) is 0 Å². The van der Waals surface area contributed by atoms with Crippen LogP contribution in [0.15, 0.2) is 41.3 Å². The summed E-state index contributed by atoms with van der Waals surface area (Å²) in [5.74, 6) is -0.667. The SMILES string of the molecule is CCOc1cc(C=C2SC(=O)N(CC(=O)Nc3ccccc3C)C2=O)cc(I)c1O. The van der Waals surface area contributed by atoms with Gasteiger partial charge in [-0.2, -0.15) is 0 Å². The number of hydrogen-bond donors (Lipinski definition) is 2. The molecule has 156 valence electrons. The van der Waals surface area contributed by atoms with Crippen molar-refractivity contribution >= 4 is 63.2 Å². The summed E-state index contributed by atoms with van der Waals surface area (Å²) >= 11 is 2.73. The number of halogens is 1. The van der Waals surface area contributed by atoms with E-state index in [1.165, 1.54) is 0 Å². The maximum Gasteiger partial charge on any atom is 0.294 e. The molecule has 7 nitrogen and oxygen atoms in total. The molecule has 0 radical (unpaired) electrons. The molecule has 0 bridgehead atoms. The highest BCUT2D eigenvalue weighted by molar-refractivity contribution is 14.1. The van der Waals surface area contributed by atoms with Crippen LogP contribution in [0, 0.1) is 10.5 Å². The molecule has 0 unspecified atom stereocenters. The van der Waals surface area contributed by atoms with Gasteiger partial charge in [-0.1, -0.05) is 18.2 Å². The zero-order valence-electron chi connectivity index (χ0n) is 16.3. The van der Waals surface area contributed by atoms with Gasteiger partial charge >= 0.3 is 0 Å². The van der Waals surface area contributed by atoms with Gasteiger partial charge in [0, 0.05) is 5.69 Å². The molecule has 0 atom stereocenters. The molecule has 1 aliphatic heterocycles. The standard InChI is InChI=1S/C21H19IN2O5S/c1-3-29-16-9-13(8-14(22)19(16)26)10-17-20(27)24(21(28)30-17)11-18(25)23-15-7-5-4-6-12(15)2/h4-10,26H,3,11H2,1-2H3,(H,23,25). The van der Waals surface area contributed by atoms with Crippen molar-refractivity contribution in [2.45, 2.75) is 13.8 Å². The maximum absolute atomic E-state index is 12.7. The number of nitrogens with one attached hydrogen (secondary N) is 1. The third-order valence-corrected chi connectivity index (χ3v) is 5.97. The second-order valence-electron chi connectivity index (χ2n) is 6.41. The largest absolute Gasteiger partial charge is 0.504 e. The van der Waals surface area contributed by atoms with Crippen molar-refractivity contribution in [3.8, 4) is 11.5 Å². The lowest BCUT2D eigenvalue weighted by molar-refractivity contribution is -0.127. The maximum atomic E-state index is 12.7. The summed E-state index contributed by atoms with van der Waals surface area (Å²) in [5.41, 5.74) is 2.12. The molecule has 3 rings (SSSR count). The number of carbonyl (C=O) groups is 3. The van der Waals surface area contributed by atoms with Crippen LogP contribution in [0.5, 0.6) is 11.5 Å². The Kier molecular flexibility index (Phi) is 7.03. The van der Waals surface area contributed by atoms with Crippen LogP contribution in [0.2, 0.25) is 0 Å². The Bertz CT molecular complexity index is 1050. The van der Waals surface area contributed by atoms with Crippen molar-refractivity contribution in [1.29, 1.82) is 0 Å². The third-order valence-electron chi connectivity index (χ3n) is 4.24. The van der Waals surface area contributed by atoms with Crippen LogP contribution in [0.1, 0.15) is 18.1 Å². The zero-order valence-corrected chi connectivity index (χ0v) is 19.2. The molecule has 1 fully saturated rings. The minimum atomic E-state index is -0.536. The van der Waals surface area contributed by atoms with Gasteiger partial charge in [0.15, 0.2) is 11.5 Å². The number of rotatable bonds is 6. The number of anilines is 1. The van der Waals surface area contributed by atoms with Gasteiger partial charge < -0.3 is 15.2 Å². The first-order valence-corrected chi connectivity index (χ1v) is 11.0. The first-order valence-electron chi connectivity index (χ1n) is 9.06. The molecular weight excluding hydrogens is 519 g/mol. The molecule has 2 aromatic rings. The van der Waals surface area contributed by atoms with E-state index in [9.17, 15) is 19.5 Å². The fourth-order valence-electron chi connectivity index (χ4n) is 2.78. The van der Waals surface area contributed by atoms with Gasteiger partial charge in [-0.3, -0.25) is 19.3 Å². The molecule has 0 spiro atoms. The van der Waals surface area contributed by atoms with Gasteiger partial charge in [0.1, 0.15) is 6.54 Å². The molecule has 3 amide bonds.